The summed E-state index contributed by atoms with van der Waals surface area (Å²) in [6, 6.07) is 2.64. The predicted molar refractivity (Wildman–Crippen MR) is 58.9 cm³/mol. The van der Waals surface area contributed by atoms with E-state index >= 15 is 0 Å². The third kappa shape index (κ3) is 3.67. The van der Waals surface area contributed by atoms with Crippen molar-refractivity contribution >= 4 is 18.4 Å². The monoisotopic (exact) mass is 249 g/mol. The van der Waals surface area contributed by atoms with Gasteiger partial charge in [0.15, 0.2) is 0 Å². The number of carbonyl (C=O) groups is 1. The Morgan fingerprint density at radius 1 is 1.62 bits per heavy atom. The van der Waals surface area contributed by atoms with E-state index in [0.717, 1.165) is 12.1 Å². The summed E-state index contributed by atoms with van der Waals surface area (Å²) >= 11 is 0. The van der Waals surface area contributed by atoms with Gasteiger partial charge in [-0.25, -0.2) is 4.39 Å². The zero-order valence-electron chi connectivity index (χ0n) is 8.64. The molecule has 0 spiro atoms. The zero-order chi connectivity index (χ0) is 11.4. The maximum atomic E-state index is 12.8. The van der Waals surface area contributed by atoms with Crippen LogP contribution in [0.2, 0.25) is 0 Å². The van der Waals surface area contributed by atoms with E-state index < -0.39 is 17.8 Å². The number of phenolic OH excluding ortho intramolecular Hbond substituents is 1. The van der Waals surface area contributed by atoms with Crippen molar-refractivity contribution in [1.82, 2.24) is 0 Å². The first-order valence-corrected chi connectivity index (χ1v) is 4.35. The van der Waals surface area contributed by atoms with E-state index in [4.69, 9.17) is 5.73 Å². The number of carbonyl (C=O) groups excluding carboxylic acids is 1. The fraction of sp³-hybridized carbons (Fsp3) is 0.300. The molecule has 0 saturated carbocycles. The molecule has 0 heterocycles. The number of hydrogen-bond donors (Lipinski definition) is 2. The van der Waals surface area contributed by atoms with Crippen LogP contribution in [0.5, 0.6) is 5.75 Å². The van der Waals surface area contributed by atoms with Gasteiger partial charge in [-0.3, -0.25) is 4.79 Å². The van der Waals surface area contributed by atoms with E-state index in [9.17, 15) is 14.3 Å². The summed E-state index contributed by atoms with van der Waals surface area (Å²) in [5.74, 6) is -1.15. The third-order valence-electron chi connectivity index (χ3n) is 2.00. The molecule has 1 aromatic rings. The molecular formula is C10H13ClFNO3. The lowest BCUT2D eigenvalue weighted by atomic mass is 10.0. The van der Waals surface area contributed by atoms with Crippen LogP contribution < -0.4 is 5.73 Å². The summed E-state index contributed by atoms with van der Waals surface area (Å²) in [5.41, 5.74) is 5.81. The summed E-state index contributed by atoms with van der Waals surface area (Å²) in [7, 11) is 1.24. The minimum absolute atomic E-state index is 0. The van der Waals surface area contributed by atoms with Crippen molar-refractivity contribution in [3.05, 3.63) is 29.6 Å². The van der Waals surface area contributed by atoms with E-state index in [1.807, 2.05) is 0 Å². The van der Waals surface area contributed by atoms with Crippen molar-refractivity contribution in [1.29, 1.82) is 0 Å². The van der Waals surface area contributed by atoms with Gasteiger partial charge in [0.1, 0.15) is 11.6 Å². The van der Waals surface area contributed by atoms with Crippen LogP contribution >= 0.6 is 12.4 Å². The molecule has 3 N–H and O–H groups in total. The molecule has 90 valence electrons. The van der Waals surface area contributed by atoms with Crippen LogP contribution in [-0.4, -0.2) is 18.2 Å². The first-order valence-electron chi connectivity index (χ1n) is 4.35. The zero-order valence-corrected chi connectivity index (χ0v) is 9.46. The summed E-state index contributed by atoms with van der Waals surface area (Å²) in [4.78, 5) is 10.9. The molecular weight excluding hydrogens is 237 g/mol. The number of esters is 1. The van der Waals surface area contributed by atoms with Gasteiger partial charge >= 0.3 is 5.97 Å². The van der Waals surface area contributed by atoms with Crippen LogP contribution in [0.3, 0.4) is 0 Å². The average Bonchev–Trinajstić information content (AvgIpc) is 2.21. The lowest BCUT2D eigenvalue weighted by molar-refractivity contribution is -0.141. The van der Waals surface area contributed by atoms with Crippen LogP contribution in [0.25, 0.3) is 0 Å². The lowest BCUT2D eigenvalue weighted by Crippen LogP contribution is -2.16. The van der Waals surface area contributed by atoms with E-state index in [1.54, 1.807) is 0 Å². The Morgan fingerprint density at radius 3 is 2.81 bits per heavy atom. The summed E-state index contributed by atoms with van der Waals surface area (Å²) in [6.45, 7) is 0. The minimum Gasteiger partial charge on any atom is -0.508 e. The van der Waals surface area contributed by atoms with Gasteiger partial charge in [0, 0.05) is 11.6 Å². The summed E-state index contributed by atoms with van der Waals surface area (Å²) in [5, 5.41) is 9.39. The highest BCUT2D eigenvalue weighted by Crippen LogP contribution is 2.25. The molecule has 1 atom stereocenters. The highest BCUT2D eigenvalue weighted by atomic mass is 35.5. The molecule has 0 bridgehead atoms. The molecule has 0 unspecified atom stereocenters. The topological polar surface area (TPSA) is 72.5 Å². The Hall–Kier alpha value is -1.33. The van der Waals surface area contributed by atoms with Gasteiger partial charge < -0.3 is 15.6 Å². The predicted octanol–water partition coefficient (Wildman–Crippen LogP) is 1.52. The molecule has 0 aliphatic rings. The molecule has 1 aromatic carbocycles. The van der Waals surface area contributed by atoms with E-state index in [0.29, 0.717) is 0 Å². The number of benzene rings is 1. The van der Waals surface area contributed by atoms with Gasteiger partial charge in [0.2, 0.25) is 0 Å². The second-order valence-electron chi connectivity index (χ2n) is 3.09. The fourth-order valence-corrected chi connectivity index (χ4v) is 1.20. The Morgan fingerprint density at radius 2 is 2.25 bits per heavy atom. The Labute approximate surface area is 98.6 Å². The van der Waals surface area contributed by atoms with E-state index in [2.05, 4.69) is 4.74 Å². The number of rotatable bonds is 3. The van der Waals surface area contributed by atoms with Gasteiger partial charge in [-0.2, -0.15) is 0 Å². The normalized spacial score (nSPS) is 11.4. The van der Waals surface area contributed by atoms with Crippen molar-refractivity contribution < 1.29 is 19.0 Å². The van der Waals surface area contributed by atoms with Crippen molar-refractivity contribution in [2.24, 2.45) is 5.73 Å². The first-order chi connectivity index (χ1) is 7.04. The van der Waals surface area contributed by atoms with Crippen LogP contribution in [0.15, 0.2) is 18.2 Å². The number of ether oxygens (including phenoxy) is 1. The molecule has 0 radical (unpaired) electrons. The van der Waals surface area contributed by atoms with Crippen LogP contribution in [0, 0.1) is 5.82 Å². The van der Waals surface area contributed by atoms with E-state index in [-0.39, 0.29) is 30.1 Å². The van der Waals surface area contributed by atoms with Gasteiger partial charge in [-0.1, -0.05) is 0 Å². The highest BCUT2D eigenvalue weighted by molar-refractivity contribution is 5.85. The van der Waals surface area contributed by atoms with Gasteiger partial charge in [-0.05, 0) is 18.2 Å². The van der Waals surface area contributed by atoms with Gasteiger partial charge in [0.25, 0.3) is 0 Å². The maximum Gasteiger partial charge on any atom is 0.307 e. The van der Waals surface area contributed by atoms with Crippen molar-refractivity contribution in [3.8, 4) is 5.75 Å². The molecule has 6 heteroatoms. The quantitative estimate of drug-likeness (QED) is 0.797. The first kappa shape index (κ1) is 14.7. The molecule has 4 nitrogen and oxygen atoms in total. The Kier molecular flexibility index (Phi) is 5.77. The fourth-order valence-electron chi connectivity index (χ4n) is 1.20. The number of halogens is 2. The molecule has 0 amide bonds. The summed E-state index contributed by atoms with van der Waals surface area (Å²) < 4.78 is 17.3. The number of hydrogen-bond acceptors (Lipinski definition) is 4. The minimum atomic E-state index is -0.770. The number of aromatic hydroxyl groups is 1. The second kappa shape index (κ2) is 6.30. The van der Waals surface area contributed by atoms with Gasteiger partial charge in [0.05, 0.1) is 13.5 Å². The Bertz CT molecular complexity index is 373. The van der Waals surface area contributed by atoms with Crippen LogP contribution in [0.1, 0.15) is 18.0 Å². The SMILES string of the molecule is COC(=O)C[C@@H](N)c1cc(F)ccc1O.Cl. The van der Waals surface area contributed by atoms with Crippen molar-refractivity contribution in [2.75, 3.05) is 7.11 Å². The standard InChI is InChI=1S/C10H12FNO3.ClH/c1-15-10(14)5-8(12)7-4-6(11)2-3-9(7)13;/h2-4,8,13H,5,12H2,1H3;1H/t8-;/m1./s1. The van der Waals surface area contributed by atoms with Crippen LogP contribution in [0.4, 0.5) is 4.39 Å². The molecule has 0 aromatic heterocycles. The van der Waals surface area contributed by atoms with E-state index in [1.165, 1.54) is 13.2 Å². The highest BCUT2D eigenvalue weighted by Gasteiger charge is 2.15. The third-order valence-corrected chi connectivity index (χ3v) is 2.00. The second-order valence-corrected chi connectivity index (χ2v) is 3.09. The number of nitrogens with two attached hydrogens (primary N) is 1. The van der Waals surface area contributed by atoms with Crippen molar-refractivity contribution in [3.63, 3.8) is 0 Å². The number of methoxy groups -OCH3 is 1. The molecule has 1 rings (SSSR count). The molecule has 0 aliphatic carbocycles. The summed E-state index contributed by atoms with van der Waals surface area (Å²) in [6.07, 6.45) is -0.104. The molecule has 0 aliphatic heterocycles. The van der Waals surface area contributed by atoms with Crippen molar-refractivity contribution in [2.45, 2.75) is 12.5 Å². The molecule has 0 fully saturated rings. The lowest BCUT2D eigenvalue weighted by Gasteiger charge is -2.12. The number of phenols is 1. The maximum absolute atomic E-state index is 12.8. The average molecular weight is 250 g/mol. The largest absolute Gasteiger partial charge is 0.508 e. The smallest absolute Gasteiger partial charge is 0.307 e. The molecule has 0 saturated heterocycles. The van der Waals surface area contributed by atoms with Crippen LogP contribution in [-0.2, 0) is 9.53 Å². The Balaban J connectivity index is 0.00000225. The van der Waals surface area contributed by atoms with Gasteiger partial charge in [-0.15, -0.1) is 12.4 Å². The molecule has 16 heavy (non-hydrogen) atoms.